The Hall–Kier alpha value is -2.44. The molecular weight excluding hydrogens is 323 g/mol. The van der Waals surface area contributed by atoms with Crippen LogP contribution >= 0.6 is 0 Å². The Morgan fingerprint density at radius 3 is 2.44 bits per heavy atom. The minimum absolute atomic E-state index is 0.213. The molecule has 25 heavy (non-hydrogen) atoms. The molecule has 2 aromatic carbocycles. The summed E-state index contributed by atoms with van der Waals surface area (Å²) in [6.45, 7) is -0.185. The molecule has 0 aliphatic carbocycles. The number of rotatable bonds is 7. The molecule has 0 bridgehead atoms. The van der Waals surface area contributed by atoms with Crippen LogP contribution in [0.25, 0.3) is 0 Å². The molecule has 0 aromatic heterocycles. The number of hydrogen-bond acceptors (Lipinski definition) is 4. The summed E-state index contributed by atoms with van der Waals surface area (Å²) in [7, 11) is 3.20. The highest BCUT2D eigenvalue weighted by atomic mass is 19.1. The Morgan fingerprint density at radius 2 is 1.88 bits per heavy atom. The molecule has 0 saturated carbocycles. The van der Waals surface area contributed by atoms with Gasteiger partial charge in [0.15, 0.2) is 0 Å². The van der Waals surface area contributed by atoms with Crippen molar-refractivity contribution in [2.45, 2.75) is 18.6 Å². The molecule has 134 valence electrons. The Labute approximate surface area is 146 Å². The summed E-state index contributed by atoms with van der Waals surface area (Å²) in [6, 6.07) is 13.3. The first-order chi connectivity index (χ1) is 11.8. The predicted octanol–water partition coefficient (Wildman–Crippen LogP) is 1.73. The van der Waals surface area contributed by atoms with Crippen LogP contribution in [0.15, 0.2) is 48.5 Å². The third kappa shape index (κ3) is 5.01. The topological polar surface area (TPSA) is 75.8 Å². The second-order valence-electron chi connectivity index (χ2n) is 6.25. The third-order valence-electron chi connectivity index (χ3n) is 3.85. The van der Waals surface area contributed by atoms with Crippen LogP contribution in [-0.4, -0.2) is 42.2 Å². The summed E-state index contributed by atoms with van der Waals surface area (Å²) in [5, 5.41) is 9.53. The largest absolute Gasteiger partial charge is 0.489 e. The summed E-state index contributed by atoms with van der Waals surface area (Å²) in [5.41, 5.74) is 6.25. The van der Waals surface area contributed by atoms with Crippen LogP contribution in [0.1, 0.15) is 11.1 Å². The average molecular weight is 346 g/mol. The average Bonchev–Trinajstić information content (AvgIpc) is 2.60. The predicted molar refractivity (Wildman–Crippen MR) is 93.6 cm³/mol. The van der Waals surface area contributed by atoms with Gasteiger partial charge in [-0.3, -0.25) is 4.79 Å². The molecule has 3 N–H and O–H groups in total. The number of carbonyl (C=O) groups excluding carboxylic acids is 1. The number of benzene rings is 2. The maximum Gasteiger partial charge on any atom is 0.244 e. The molecule has 0 heterocycles. The van der Waals surface area contributed by atoms with Gasteiger partial charge < -0.3 is 20.5 Å². The molecule has 0 fully saturated rings. The SMILES string of the molecule is CN(C)C(=O)C(N)(CO)Cc1ccc(OCc2cccc(F)c2)cc1. The normalized spacial score (nSPS) is 13.2. The minimum Gasteiger partial charge on any atom is -0.489 e. The van der Waals surface area contributed by atoms with E-state index in [2.05, 4.69) is 0 Å². The molecule has 1 unspecified atom stereocenters. The highest BCUT2D eigenvalue weighted by Crippen LogP contribution is 2.18. The van der Waals surface area contributed by atoms with E-state index >= 15 is 0 Å². The van der Waals surface area contributed by atoms with Crippen molar-refractivity contribution in [2.24, 2.45) is 5.73 Å². The summed E-state index contributed by atoms with van der Waals surface area (Å²) in [4.78, 5) is 13.5. The monoisotopic (exact) mass is 346 g/mol. The van der Waals surface area contributed by atoms with Crippen molar-refractivity contribution in [2.75, 3.05) is 20.7 Å². The number of halogens is 1. The number of ether oxygens (including phenoxy) is 1. The van der Waals surface area contributed by atoms with Crippen molar-refractivity contribution in [1.29, 1.82) is 0 Å². The van der Waals surface area contributed by atoms with E-state index in [0.29, 0.717) is 5.75 Å². The van der Waals surface area contributed by atoms with Crippen molar-refractivity contribution >= 4 is 5.91 Å². The summed E-state index contributed by atoms with van der Waals surface area (Å²) in [6.07, 6.45) is 0.213. The van der Waals surface area contributed by atoms with Crippen LogP contribution in [0.2, 0.25) is 0 Å². The molecular formula is C19H23FN2O3. The molecule has 1 atom stereocenters. The first-order valence-corrected chi connectivity index (χ1v) is 7.92. The van der Waals surface area contributed by atoms with E-state index in [9.17, 15) is 14.3 Å². The fourth-order valence-corrected chi connectivity index (χ4v) is 2.51. The highest BCUT2D eigenvalue weighted by Gasteiger charge is 2.34. The first kappa shape index (κ1) is 18.9. The molecule has 0 saturated heterocycles. The molecule has 5 nitrogen and oxygen atoms in total. The molecule has 6 heteroatoms. The second-order valence-corrected chi connectivity index (χ2v) is 6.25. The zero-order valence-corrected chi connectivity index (χ0v) is 14.4. The Balaban J connectivity index is 2.00. The Kier molecular flexibility index (Phi) is 6.12. The van der Waals surface area contributed by atoms with Crippen molar-refractivity contribution in [3.8, 4) is 5.75 Å². The number of carbonyl (C=O) groups is 1. The van der Waals surface area contributed by atoms with E-state index in [0.717, 1.165) is 11.1 Å². The molecule has 0 aliphatic heterocycles. The molecule has 0 spiro atoms. The van der Waals surface area contributed by atoms with Crippen molar-refractivity contribution < 1.29 is 19.0 Å². The standard InChI is InChI=1S/C19H23FN2O3/c1-22(2)18(24)19(21,13-23)11-14-6-8-17(9-7-14)25-12-15-4-3-5-16(20)10-15/h3-10,23H,11-13,21H2,1-2H3. The smallest absolute Gasteiger partial charge is 0.244 e. The number of aliphatic hydroxyl groups is 1. The zero-order valence-electron chi connectivity index (χ0n) is 14.4. The minimum atomic E-state index is -1.35. The van der Waals surface area contributed by atoms with Crippen LogP contribution in [0.4, 0.5) is 4.39 Å². The van der Waals surface area contributed by atoms with Crippen molar-refractivity contribution in [3.63, 3.8) is 0 Å². The Morgan fingerprint density at radius 1 is 1.20 bits per heavy atom. The van der Waals surface area contributed by atoms with Crippen molar-refractivity contribution in [1.82, 2.24) is 4.90 Å². The zero-order chi connectivity index (χ0) is 18.4. The molecule has 0 aliphatic rings. The molecule has 1 amide bonds. The van der Waals surface area contributed by atoms with Gasteiger partial charge in [0.1, 0.15) is 23.7 Å². The van der Waals surface area contributed by atoms with Crippen molar-refractivity contribution in [3.05, 3.63) is 65.5 Å². The number of nitrogens with two attached hydrogens (primary N) is 1. The maximum absolute atomic E-state index is 13.1. The van der Waals surface area contributed by atoms with Gasteiger partial charge in [0.05, 0.1) is 6.61 Å². The lowest BCUT2D eigenvalue weighted by atomic mass is 9.91. The third-order valence-corrected chi connectivity index (χ3v) is 3.85. The lowest BCUT2D eigenvalue weighted by Crippen LogP contribution is -2.57. The summed E-state index contributed by atoms with van der Waals surface area (Å²) >= 11 is 0. The van der Waals surface area contributed by atoms with Crippen LogP contribution in [-0.2, 0) is 17.8 Å². The lowest BCUT2D eigenvalue weighted by molar-refractivity contribution is -0.135. The summed E-state index contributed by atoms with van der Waals surface area (Å²) < 4.78 is 18.8. The molecule has 2 aromatic rings. The van der Waals surface area contributed by atoms with Crippen LogP contribution in [0, 0.1) is 5.82 Å². The van der Waals surface area contributed by atoms with Gasteiger partial charge >= 0.3 is 0 Å². The van der Waals surface area contributed by atoms with Gasteiger partial charge in [-0.05, 0) is 35.4 Å². The van der Waals surface area contributed by atoms with Gasteiger partial charge in [0, 0.05) is 20.5 Å². The summed E-state index contributed by atoms with van der Waals surface area (Å²) in [5.74, 6) is -0.00899. The van der Waals surface area contributed by atoms with E-state index < -0.39 is 12.1 Å². The van der Waals surface area contributed by atoms with Gasteiger partial charge in [-0.2, -0.15) is 0 Å². The number of likely N-dealkylation sites (N-methyl/N-ethyl adjacent to an activating group) is 1. The van der Waals surface area contributed by atoms with E-state index in [1.807, 2.05) is 0 Å². The fourth-order valence-electron chi connectivity index (χ4n) is 2.51. The number of aliphatic hydroxyl groups excluding tert-OH is 1. The number of nitrogens with zero attached hydrogens (tertiary/aromatic N) is 1. The van der Waals surface area contributed by atoms with E-state index in [4.69, 9.17) is 10.5 Å². The van der Waals surface area contributed by atoms with Gasteiger partial charge in [0.2, 0.25) is 5.91 Å². The maximum atomic E-state index is 13.1. The van der Waals surface area contributed by atoms with E-state index in [1.165, 1.54) is 17.0 Å². The van der Waals surface area contributed by atoms with Crippen LogP contribution < -0.4 is 10.5 Å². The van der Waals surface area contributed by atoms with E-state index in [1.54, 1.807) is 50.5 Å². The van der Waals surface area contributed by atoms with Crippen LogP contribution in [0.3, 0.4) is 0 Å². The Bertz CT molecular complexity index is 719. The van der Waals surface area contributed by atoms with E-state index in [-0.39, 0.29) is 24.8 Å². The van der Waals surface area contributed by atoms with Gasteiger partial charge in [-0.25, -0.2) is 4.39 Å². The number of hydrogen-bond donors (Lipinski definition) is 2. The van der Waals surface area contributed by atoms with Crippen LogP contribution in [0.5, 0.6) is 5.75 Å². The van der Waals surface area contributed by atoms with Gasteiger partial charge in [0.25, 0.3) is 0 Å². The second kappa shape index (κ2) is 8.09. The van der Waals surface area contributed by atoms with Gasteiger partial charge in [-0.15, -0.1) is 0 Å². The highest BCUT2D eigenvalue weighted by molar-refractivity contribution is 5.86. The lowest BCUT2D eigenvalue weighted by Gasteiger charge is -2.29. The fraction of sp³-hybridized carbons (Fsp3) is 0.316. The quantitative estimate of drug-likeness (QED) is 0.800. The van der Waals surface area contributed by atoms with Gasteiger partial charge in [-0.1, -0.05) is 24.3 Å². The number of amides is 1. The first-order valence-electron chi connectivity index (χ1n) is 7.92. The molecule has 0 radical (unpaired) electrons. The molecule has 2 rings (SSSR count).